The molecule has 0 bridgehead atoms. The van der Waals surface area contributed by atoms with Crippen molar-refractivity contribution in [3.05, 3.63) is 65.2 Å². The Labute approximate surface area is 146 Å². The zero-order valence-electron chi connectivity index (χ0n) is 14.3. The SMILES string of the molecule is COc1ccc(NC(=O)c2ccc3c4c(cccc24)CC3)c(OC)c1. The van der Waals surface area contributed by atoms with Crippen molar-refractivity contribution < 1.29 is 14.3 Å². The van der Waals surface area contributed by atoms with Crippen LogP contribution in [0.5, 0.6) is 11.5 Å². The maximum atomic E-state index is 12.9. The van der Waals surface area contributed by atoms with Gasteiger partial charge < -0.3 is 14.8 Å². The first-order valence-corrected chi connectivity index (χ1v) is 8.28. The fourth-order valence-corrected chi connectivity index (χ4v) is 3.54. The number of rotatable bonds is 4. The van der Waals surface area contributed by atoms with Gasteiger partial charge in [-0.1, -0.05) is 24.3 Å². The molecular formula is C21H19NO3. The van der Waals surface area contributed by atoms with Crippen molar-refractivity contribution in [2.75, 3.05) is 19.5 Å². The van der Waals surface area contributed by atoms with Gasteiger partial charge in [0.05, 0.1) is 19.9 Å². The van der Waals surface area contributed by atoms with Crippen LogP contribution in [0.3, 0.4) is 0 Å². The Morgan fingerprint density at radius 3 is 2.52 bits per heavy atom. The fourth-order valence-electron chi connectivity index (χ4n) is 3.54. The number of ether oxygens (including phenoxy) is 2. The molecule has 3 aromatic carbocycles. The van der Waals surface area contributed by atoms with Crippen LogP contribution in [0.4, 0.5) is 5.69 Å². The van der Waals surface area contributed by atoms with E-state index in [1.807, 2.05) is 18.2 Å². The van der Waals surface area contributed by atoms with Crippen LogP contribution in [0, 0.1) is 0 Å². The van der Waals surface area contributed by atoms with Gasteiger partial charge in [-0.05, 0) is 52.9 Å². The van der Waals surface area contributed by atoms with E-state index in [-0.39, 0.29) is 5.91 Å². The van der Waals surface area contributed by atoms with Crippen molar-refractivity contribution >= 4 is 22.4 Å². The molecular weight excluding hydrogens is 314 g/mol. The van der Waals surface area contributed by atoms with Crippen molar-refractivity contribution in [2.45, 2.75) is 12.8 Å². The molecule has 0 saturated heterocycles. The highest BCUT2D eigenvalue weighted by atomic mass is 16.5. The van der Waals surface area contributed by atoms with Gasteiger partial charge in [-0.2, -0.15) is 0 Å². The Morgan fingerprint density at radius 1 is 0.960 bits per heavy atom. The minimum atomic E-state index is -0.140. The summed E-state index contributed by atoms with van der Waals surface area (Å²) in [4.78, 5) is 12.9. The van der Waals surface area contributed by atoms with Crippen molar-refractivity contribution in [3.63, 3.8) is 0 Å². The van der Waals surface area contributed by atoms with E-state index in [1.165, 1.54) is 16.5 Å². The third-order valence-corrected chi connectivity index (χ3v) is 4.78. The Bertz CT molecular complexity index is 968. The standard InChI is InChI=1S/C21H19NO3/c1-24-15-9-11-18(19(12-15)25-2)22-21(23)17-10-8-14-7-6-13-4-3-5-16(17)20(13)14/h3-5,8-12H,6-7H2,1-2H3,(H,22,23). The van der Waals surface area contributed by atoms with E-state index in [0.29, 0.717) is 22.7 Å². The van der Waals surface area contributed by atoms with Crippen molar-refractivity contribution in [3.8, 4) is 11.5 Å². The number of carbonyl (C=O) groups is 1. The first kappa shape index (κ1) is 15.5. The van der Waals surface area contributed by atoms with Gasteiger partial charge in [-0.3, -0.25) is 4.79 Å². The van der Waals surface area contributed by atoms with Gasteiger partial charge in [-0.25, -0.2) is 0 Å². The third-order valence-electron chi connectivity index (χ3n) is 4.78. The minimum Gasteiger partial charge on any atom is -0.497 e. The molecule has 4 nitrogen and oxygen atoms in total. The number of anilines is 1. The van der Waals surface area contributed by atoms with Crippen LogP contribution in [-0.2, 0) is 12.8 Å². The molecule has 1 aliphatic rings. The molecule has 1 aliphatic carbocycles. The van der Waals surface area contributed by atoms with Gasteiger partial charge in [-0.15, -0.1) is 0 Å². The summed E-state index contributed by atoms with van der Waals surface area (Å²) in [7, 11) is 3.17. The average Bonchev–Trinajstić information content (AvgIpc) is 3.07. The normalized spacial score (nSPS) is 12.2. The second-order valence-corrected chi connectivity index (χ2v) is 6.13. The number of carbonyl (C=O) groups excluding carboxylic acids is 1. The van der Waals surface area contributed by atoms with Crippen LogP contribution >= 0.6 is 0 Å². The Kier molecular flexibility index (Phi) is 3.80. The van der Waals surface area contributed by atoms with Crippen LogP contribution in [-0.4, -0.2) is 20.1 Å². The number of hydrogen-bond donors (Lipinski definition) is 1. The largest absolute Gasteiger partial charge is 0.497 e. The Morgan fingerprint density at radius 2 is 1.76 bits per heavy atom. The molecule has 0 heterocycles. The Hall–Kier alpha value is -3.01. The maximum Gasteiger partial charge on any atom is 0.256 e. The second-order valence-electron chi connectivity index (χ2n) is 6.13. The molecule has 3 aromatic rings. The number of amides is 1. The molecule has 0 radical (unpaired) electrons. The topological polar surface area (TPSA) is 47.6 Å². The first-order valence-electron chi connectivity index (χ1n) is 8.28. The summed E-state index contributed by atoms with van der Waals surface area (Å²) in [5.41, 5.74) is 3.95. The number of methoxy groups -OCH3 is 2. The van der Waals surface area contributed by atoms with Crippen LogP contribution in [0.15, 0.2) is 48.5 Å². The predicted molar refractivity (Wildman–Crippen MR) is 98.9 cm³/mol. The lowest BCUT2D eigenvalue weighted by atomic mass is 9.99. The van der Waals surface area contributed by atoms with Gasteiger partial charge in [0.25, 0.3) is 5.91 Å². The van der Waals surface area contributed by atoms with Gasteiger partial charge in [0, 0.05) is 11.6 Å². The lowest BCUT2D eigenvalue weighted by Gasteiger charge is -2.13. The number of benzene rings is 3. The van der Waals surface area contributed by atoms with Crippen molar-refractivity contribution in [1.82, 2.24) is 0 Å². The molecule has 0 aromatic heterocycles. The lowest BCUT2D eigenvalue weighted by molar-refractivity contribution is 0.102. The van der Waals surface area contributed by atoms with Crippen LogP contribution in [0.25, 0.3) is 10.8 Å². The van der Waals surface area contributed by atoms with E-state index in [2.05, 4.69) is 17.4 Å². The second kappa shape index (κ2) is 6.13. The van der Waals surface area contributed by atoms with Crippen molar-refractivity contribution in [1.29, 1.82) is 0 Å². The maximum absolute atomic E-state index is 12.9. The quantitative estimate of drug-likeness (QED) is 0.778. The number of nitrogens with one attached hydrogen (secondary N) is 1. The molecule has 1 N–H and O–H groups in total. The van der Waals surface area contributed by atoms with Crippen LogP contribution in [0.1, 0.15) is 21.5 Å². The summed E-state index contributed by atoms with van der Waals surface area (Å²) < 4.78 is 10.6. The van der Waals surface area contributed by atoms with E-state index in [1.54, 1.807) is 32.4 Å². The van der Waals surface area contributed by atoms with Gasteiger partial charge in [0.1, 0.15) is 11.5 Å². The number of aryl methyl sites for hydroxylation is 2. The molecule has 0 fully saturated rings. The van der Waals surface area contributed by atoms with E-state index in [4.69, 9.17) is 9.47 Å². The summed E-state index contributed by atoms with van der Waals surface area (Å²) in [5.74, 6) is 1.11. The van der Waals surface area contributed by atoms with Crippen LogP contribution < -0.4 is 14.8 Å². The van der Waals surface area contributed by atoms with E-state index in [0.717, 1.165) is 18.2 Å². The van der Waals surface area contributed by atoms with Gasteiger partial charge in [0.15, 0.2) is 0 Å². The summed E-state index contributed by atoms with van der Waals surface area (Å²) in [5, 5.41) is 5.21. The molecule has 4 rings (SSSR count). The summed E-state index contributed by atoms with van der Waals surface area (Å²) >= 11 is 0. The van der Waals surface area contributed by atoms with E-state index >= 15 is 0 Å². The average molecular weight is 333 g/mol. The lowest BCUT2D eigenvalue weighted by Crippen LogP contribution is -2.13. The molecule has 0 saturated carbocycles. The zero-order valence-corrected chi connectivity index (χ0v) is 14.3. The minimum absolute atomic E-state index is 0.140. The number of hydrogen-bond acceptors (Lipinski definition) is 3. The summed E-state index contributed by atoms with van der Waals surface area (Å²) in [6, 6.07) is 15.5. The smallest absolute Gasteiger partial charge is 0.256 e. The van der Waals surface area contributed by atoms with Crippen LogP contribution in [0.2, 0.25) is 0 Å². The highest BCUT2D eigenvalue weighted by molar-refractivity contribution is 6.14. The van der Waals surface area contributed by atoms with E-state index < -0.39 is 0 Å². The molecule has 126 valence electrons. The molecule has 0 spiro atoms. The Balaban J connectivity index is 1.72. The highest BCUT2D eigenvalue weighted by Crippen LogP contribution is 2.34. The molecule has 25 heavy (non-hydrogen) atoms. The summed E-state index contributed by atoms with van der Waals surface area (Å²) in [6.07, 6.45) is 2.09. The molecule has 0 atom stereocenters. The van der Waals surface area contributed by atoms with E-state index in [9.17, 15) is 4.79 Å². The monoisotopic (exact) mass is 333 g/mol. The van der Waals surface area contributed by atoms with Gasteiger partial charge >= 0.3 is 0 Å². The fraction of sp³-hybridized carbons (Fsp3) is 0.190. The zero-order chi connectivity index (χ0) is 17.4. The third kappa shape index (κ3) is 2.60. The molecule has 4 heteroatoms. The molecule has 1 amide bonds. The molecule has 0 aliphatic heterocycles. The van der Waals surface area contributed by atoms with Gasteiger partial charge in [0.2, 0.25) is 0 Å². The summed E-state index contributed by atoms with van der Waals surface area (Å²) in [6.45, 7) is 0. The first-order chi connectivity index (χ1) is 12.2. The molecule has 0 unspecified atom stereocenters. The van der Waals surface area contributed by atoms with Crippen molar-refractivity contribution in [2.24, 2.45) is 0 Å². The predicted octanol–water partition coefficient (Wildman–Crippen LogP) is 4.21. The highest BCUT2D eigenvalue weighted by Gasteiger charge is 2.19.